The van der Waals surface area contributed by atoms with Crippen molar-refractivity contribution in [3.05, 3.63) is 23.9 Å². The number of pyridine rings is 1. The van der Waals surface area contributed by atoms with Crippen molar-refractivity contribution in [1.82, 2.24) is 4.98 Å². The van der Waals surface area contributed by atoms with Crippen LogP contribution in [0.25, 0.3) is 0 Å². The van der Waals surface area contributed by atoms with Crippen molar-refractivity contribution in [1.29, 1.82) is 0 Å². The molecule has 0 aliphatic carbocycles. The van der Waals surface area contributed by atoms with Gasteiger partial charge >= 0.3 is 0 Å². The summed E-state index contributed by atoms with van der Waals surface area (Å²) in [5.41, 5.74) is 1.24. The largest absolute Gasteiger partial charge is 0.396 e. The maximum atomic E-state index is 8.76. The van der Waals surface area contributed by atoms with E-state index < -0.39 is 0 Å². The first-order chi connectivity index (χ1) is 8.88. The predicted molar refractivity (Wildman–Crippen MR) is 74.9 cm³/mol. The highest BCUT2D eigenvalue weighted by Gasteiger charge is 2.13. The van der Waals surface area contributed by atoms with E-state index in [1.54, 1.807) is 11.8 Å². The predicted octanol–water partition coefficient (Wildman–Crippen LogP) is 1.90. The van der Waals surface area contributed by atoms with Crippen LogP contribution >= 0.6 is 11.8 Å². The van der Waals surface area contributed by atoms with Crippen LogP contribution in [0, 0.1) is 0 Å². The highest BCUT2D eigenvalue weighted by molar-refractivity contribution is 7.98. The molecule has 0 saturated carbocycles. The number of hydrogen-bond acceptors (Lipinski definition) is 5. The molecule has 100 valence electrons. The third-order valence-electron chi connectivity index (χ3n) is 2.84. The van der Waals surface area contributed by atoms with Gasteiger partial charge in [0.2, 0.25) is 0 Å². The molecule has 1 atom stereocenters. The van der Waals surface area contributed by atoms with Crippen molar-refractivity contribution in [2.75, 3.05) is 30.9 Å². The summed E-state index contributed by atoms with van der Waals surface area (Å²) in [6, 6.07) is 4.48. The zero-order valence-electron chi connectivity index (χ0n) is 10.5. The van der Waals surface area contributed by atoms with E-state index in [-0.39, 0.29) is 6.61 Å². The molecule has 1 aliphatic heterocycles. The molecular formula is C13H20N2O2S. The quantitative estimate of drug-likeness (QED) is 0.772. The molecule has 18 heavy (non-hydrogen) atoms. The Bertz CT molecular complexity index is 357. The van der Waals surface area contributed by atoms with E-state index in [1.807, 2.05) is 12.3 Å². The molecule has 2 rings (SSSR count). The maximum absolute atomic E-state index is 8.76. The zero-order valence-corrected chi connectivity index (χ0v) is 11.3. The van der Waals surface area contributed by atoms with Crippen LogP contribution < -0.4 is 5.32 Å². The number of aliphatic hydroxyl groups is 1. The number of anilines is 1. The fraction of sp³-hybridized carbons (Fsp3) is 0.615. The lowest BCUT2D eigenvalue weighted by Gasteiger charge is -2.23. The number of ether oxygens (including phenoxy) is 1. The number of aromatic nitrogens is 1. The summed E-state index contributed by atoms with van der Waals surface area (Å²) in [5, 5.41) is 12.2. The maximum Gasteiger partial charge on any atom is 0.126 e. The third kappa shape index (κ3) is 4.48. The van der Waals surface area contributed by atoms with Crippen LogP contribution in [-0.4, -0.2) is 41.7 Å². The van der Waals surface area contributed by atoms with E-state index in [4.69, 9.17) is 9.84 Å². The van der Waals surface area contributed by atoms with Crippen LogP contribution in [0.2, 0.25) is 0 Å². The number of nitrogens with zero attached hydrogens (tertiary/aromatic N) is 1. The summed E-state index contributed by atoms with van der Waals surface area (Å²) in [7, 11) is 0. The molecule has 1 aromatic rings. The van der Waals surface area contributed by atoms with Crippen molar-refractivity contribution in [2.45, 2.75) is 24.6 Å². The molecule has 0 bridgehead atoms. The minimum Gasteiger partial charge on any atom is -0.396 e. The van der Waals surface area contributed by atoms with Crippen molar-refractivity contribution in [3.63, 3.8) is 0 Å². The Morgan fingerprint density at radius 2 is 2.50 bits per heavy atom. The molecule has 5 heteroatoms. The van der Waals surface area contributed by atoms with Crippen LogP contribution in [0.4, 0.5) is 5.82 Å². The highest BCUT2D eigenvalue weighted by atomic mass is 32.2. The van der Waals surface area contributed by atoms with Crippen LogP contribution in [-0.2, 0) is 10.5 Å². The van der Waals surface area contributed by atoms with Gasteiger partial charge < -0.3 is 15.2 Å². The average molecular weight is 268 g/mol. The second-order valence-electron chi connectivity index (χ2n) is 4.38. The summed E-state index contributed by atoms with van der Waals surface area (Å²) >= 11 is 1.73. The summed E-state index contributed by atoms with van der Waals surface area (Å²) in [5.74, 6) is 2.62. The smallest absolute Gasteiger partial charge is 0.126 e. The molecular weight excluding hydrogens is 248 g/mol. The lowest BCUT2D eigenvalue weighted by atomic mass is 10.1. The van der Waals surface area contributed by atoms with Gasteiger partial charge in [-0.05, 0) is 30.5 Å². The van der Waals surface area contributed by atoms with Gasteiger partial charge in [-0.1, -0.05) is 0 Å². The number of hydrogen-bond donors (Lipinski definition) is 2. The van der Waals surface area contributed by atoms with Gasteiger partial charge in [0, 0.05) is 24.3 Å². The fourth-order valence-electron chi connectivity index (χ4n) is 1.96. The lowest BCUT2D eigenvalue weighted by Crippen LogP contribution is -2.30. The van der Waals surface area contributed by atoms with E-state index in [9.17, 15) is 0 Å². The van der Waals surface area contributed by atoms with Crippen molar-refractivity contribution < 1.29 is 9.84 Å². The third-order valence-corrected chi connectivity index (χ3v) is 3.85. The molecule has 1 aromatic heterocycles. The molecule has 0 radical (unpaired) electrons. The zero-order chi connectivity index (χ0) is 12.6. The number of thioether (sulfide) groups is 1. The Kier molecular flexibility index (Phi) is 5.77. The molecule has 0 amide bonds. The molecule has 0 spiro atoms. The lowest BCUT2D eigenvalue weighted by molar-refractivity contribution is 0.0875. The van der Waals surface area contributed by atoms with Crippen molar-refractivity contribution >= 4 is 17.6 Å². The second-order valence-corrected chi connectivity index (χ2v) is 5.49. The molecule has 1 fully saturated rings. The number of nitrogens with one attached hydrogen (secondary N) is 1. The van der Waals surface area contributed by atoms with E-state index in [0.29, 0.717) is 6.04 Å². The minimum atomic E-state index is 0.236. The van der Waals surface area contributed by atoms with E-state index in [2.05, 4.69) is 16.4 Å². The first kappa shape index (κ1) is 13.6. The monoisotopic (exact) mass is 268 g/mol. The molecule has 0 aromatic carbocycles. The fourth-order valence-corrected chi connectivity index (χ4v) is 2.65. The summed E-state index contributed by atoms with van der Waals surface area (Å²) in [6.45, 7) is 1.88. The van der Waals surface area contributed by atoms with Crippen molar-refractivity contribution in [3.8, 4) is 0 Å². The average Bonchev–Trinajstić information content (AvgIpc) is 2.41. The first-order valence-corrected chi connectivity index (χ1v) is 7.52. The Morgan fingerprint density at radius 3 is 3.28 bits per heavy atom. The van der Waals surface area contributed by atoms with Crippen LogP contribution in [0.5, 0.6) is 0 Å². The Morgan fingerprint density at radius 1 is 1.56 bits per heavy atom. The van der Waals surface area contributed by atoms with Gasteiger partial charge in [-0.15, -0.1) is 0 Å². The van der Waals surface area contributed by atoms with Gasteiger partial charge in [-0.3, -0.25) is 0 Å². The molecule has 4 nitrogen and oxygen atoms in total. The van der Waals surface area contributed by atoms with Gasteiger partial charge in [0.25, 0.3) is 0 Å². The van der Waals surface area contributed by atoms with Gasteiger partial charge in [0.1, 0.15) is 5.82 Å². The normalized spacial score (nSPS) is 19.7. The van der Waals surface area contributed by atoms with E-state index in [0.717, 1.165) is 43.4 Å². The summed E-state index contributed by atoms with van der Waals surface area (Å²) < 4.78 is 5.44. The van der Waals surface area contributed by atoms with Crippen LogP contribution in [0.3, 0.4) is 0 Å². The molecule has 2 N–H and O–H groups in total. The second kappa shape index (κ2) is 7.61. The topological polar surface area (TPSA) is 54.4 Å². The van der Waals surface area contributed by atoms with Crippen molar-refractivity contribution in [2.24, 2.45) is 0 Å². The Balaban J connectivity index is 1.85. The first-order valence-electron chi connectivity index (χ1n) is 6.36. The van der Waals surface area contributed by atoms with Crippen LogP contribution in [0.1, 0.15) is 18.4 Å². The Hall–Kier alpha value is -0.780. The van der Waals surface area contributed by atoms with Gasteiger partial charge in [0.15, 0.2) is 0 Å². The summed E-state index contributed by atoms with van der Waals surface area (Å²) in [4.78, 5) is 4.34. The number of aliphatic hydroxyl groups excluding tert-OH is 1. The molecule has 1 unspecified atom stereocenters. The minimum absolute atomic E-state index is 0.236. The summed E-state index contributed by atoms with van der Waals surface area (Å²) in [6.07, 6.45) is 4.09. The van der Waals surface area contributed by atoms with Gasteiger partial charge in [0.05, 0.1) is 19.3 Å². The molecule has 1 aliphatic rings. The van der Waals surface area contributed by atoms with Crippen LogP contribution in [0.15, 0.2) is 18.3 Å². The van der Waals surface area contributed by atoms with E-state index >= 15 is 0 Å². The standard InChI is InChI=1S/C13H20N2O2S/c16-5-7-18-10-11-3-4-14-13(8-11)15-12-2-1-6-17-9-12/h3-4,8,12,16H,1-2,5-7,9-10H2,(H,14,15). The molecule has 1 saturated heterocycles. The Labute approximate surface area is 112 Å². The SMILES string of the molecule is OCCSCc1ccnc(NC2CCCOC2)c1. The number of rotatable bonds is 6. The highest BCUT2D eigenvalue weighted by Crippen LogP contribution is 2.16. The van der Waals surface area contributed by atoms with E-state index in [1.165, 1.54) is 5.56 Å². The molecule has 2 heterocycles. The van der Waals surface area contributed by atoms with Gasteiger partial charge in [-0.25, -0.2) is 4.98 Å². The van der Waals surface area contributed by atoms with Gasteiger partial charge in [-0.2, -0.15) is 11.8 Å².